The average Bonchev–Trinajstić information content (AvgIpc) is 3.03. The zero-order chi connectivity index (χ0) is 16.9. The molecule has 0 unspecified atom stereocenters. The first kappa shape index (κ1) is 15.3. The normalized spacial score (nSPS) is 12.0. The van der Waals surface area contributed by atoms with Crippen LogP contribution >= 0.6 is 22.9 Å². The van der Waals surface area contributed by atoms with E-state index in [1.807, 2.05) is 5.38 Å². The van der Waals surface area contributed by atoms with Crippen molar-refractivity contribution >= 4 is 48.6 Å². The predicted molar refractivity (Wildman–Crippen MR) is 93.7 cm³/mol. The predicted octanol–water partition coefficient (Wildman–Crippen LogP) is 3.40. The quantitative estimate of drug-likeness (QED) is 0.537. The lowest BCUT2D eigenvalue weighted by Crippen LogP contribution is -2.10. The Bertz CT molecular complexity index is 1240. The van der Waals surface area contributed by atoms with Crippen molar-refractivity contribution in [3.05, 3.63) is 69.4 Å². The lowest BCUT2D eigenvalue weighted by molar-refractivity contribution is 0.596. The van der Waals surface area contributed by atoms with Gasteiger partial charge in [0.15, 0.2) is 4.96 Å². The van der Waals surface area contributed by atoms with Gasteiger partial charge in [-0.15, -0.1) is 11.3 Å². The number of aromatic nitrogens is 2. The van der Waals surface area contributed by atoms with Crippen molar-refractivity contribution in [2.45, 2.75) is 9.79 Å². The molecule has 0 spiro atoms. The number of halogens is 1. The minimum absolute atomic E-state index is 0.0476. The molecule has 5 nitrogen and oxygen atoms in total. The maximum atomic E-state index is 12.7. The van der Waals surface area contributed by atoms with Gasteiger partial charge >= 0.3 is 0 Å². The highest BCUT2D eigenvalue weighted by Gasteiger charge is 2.19. The van der Waals surface area contributed by atoms with E-state index in [2.05, 4.69) is 4.98 Å². The highest BCUT2D eigenvalue weighted by Crippen LogP contribution is 2.25. The van der Waals surface area contributed by atoms with Crippen molar-refractivity contribution in [1.29, 1.82) is 0 Å². The van der Waals surface area contributed by atoms with Gasteiger partial charge in [0.2, 0.25) is 9.84 Å². The molecule has 0 saturated carbocycles. The molecule has 0 amide bonds. The van der Waals surface area contributed by atoms with E-state index in [0.29, 0.717) is 15.5 Å². The summed E-state index contributed by atoms with van der Waals surface area (Å²) >= 11 is 7.15. The minimum atomic E-state index is -3.74. The lowest BCUT2D eigenvalue weighted by Gasteiger charge is -2.07. The Labute approximate surface area is 145 Å². The fraction of sp³-hybridized carbons (Fsp3) is 0. The molecule has 8 heteroatoms. The Balaban J connectivity index is 1.97. The van der Waals surface area contributed by atoms with Gasteiger partial charge in [0.05, 0.1) is 20.7 Å². The van der Waals surface area contributed by atoms with Gasteiger partial charge in [-0.25, -0.2) is 8.42 Å². The third-order valence-electron chi connectivity index (χ3n) is 3.68. The summed E-state index contributed by atoms with van der Waals surface area (Å²) in [5.74, 6) is 0. The number of nitrogens with zero attached hydrogens (tertiary/aromatic N) is 2. The van der Waals surface area contributed by atoms with Gasteiger partial charge in [-0.1, -0.05) is 11.6 Å². The molecular formula is C16H9ClN2O3S2. The first-order valence-corrected chi connectivity index (χ1v) is 9.61. The van der Waals surface area contributed by atoms with Gasteiger partial charge in [0, 0.05) is 16.6 Å². The number of thiazole rings is 1. The SMILES string of the molecule is O=c1nc2sccn2c2ccc(S(=O)(=O)c3ccc(Cl)cc3)cc12. The summed E-state index contributed by atoms with van der Waals surface area (Å²) in [4.78, 5) is 16.9. The van der Waals surface area contributed by atoms with E-state index < -0.39 is 15.4 Å². The number of rotatable bonds is 2. The van der Waals surface area contributed by atoms with Crippen molar-refractivity contribution in [3.63, 3.8) is 0 Å². The fourth-order valence-corrected chi connectivity index (χ4v) is 4.62. The monoisotopic (exact) mass is 376 g/mol. The molecule has 4 rings (SSSR count). The van der Waals surface area contributed by atoms with Crippen molar-refractivity contribution in [1.82, 2.24) is 9.38 Å². The van der Waals surface area contributed by atoms with Crippen LogP contribution in [0.2, 0.25) is 5.02 Å². The number of fused-ring (bicyclic) bond motifs is 3. The molecule has 4 aromatic rings. The van der Waals surface area contributed by atoms with E-state index in [1.54, 1.807) is 16.7 Å². The Morgan fingerprint density at radius 1 is 1.04 bits per heavy atom. The van der Waals surface area contributed by atoms with Crippen LogP contribution in [0.4, 0.5) is 0 Å². The molecule has 0 bridgehead atoms. The van der Waals surface area contributed by atoms with Crippen LogP contribution in [-0.4, -0.2) is 17.8 Å². The van der Waals surface area contributed by atoms with Crippen LogP contribution in [0, 0.1) is 0 Å². The lowest BCUT2D eigenvalue weighted by atomic mass is 10.2. The summed E-state index contributed by atoms with van der Waals surface area (Å²) < 4.78 is 27.3. The molecule has 0 atom stereocenters. The largest absolute Gasteiger partial charge is 0.292 e. The molecule has 0 radical (unpaired) electrons. The van der Waals surface area contributed by atoms with Crippen LogP contribution in [0.1, 0.15) is 0 Å². The average molecular weight is 377 g/mol. The van der Waals surface area contributed by atoms with Crippen LogP contribution in [0.5, 0.6) is 0 Å². The van der Waals surface area contributed by atoms with E-state index in [1.165, 1.54) is 47.7 Å². The second kappa shape index (κ2) is 5.41. The maximum Gasteiger partial charge on any atom is 0.281 e. The summed E-state index contributed by atoms with van der Waals surface area (Å²) in [6, 6.07) is 10.4. The zero-order valence-electron chi connectivity index (χ0n) is 12.0. The topological polar surface area (TPSA) is 68.5 Å². The molecule has 2 heterocycles. The third kappa shape index (κ3) is 2.32. The van der Waals surface area contributed by atoms with Crippen molar-refractivity contribution < 1.29 is 8.42 Å². The molecule has 0 fully saturated rings. The first-order chi connectivity index (χ1) is 11.5. The summed E-state index contributed by atoms with van der Waals surface area (Å²) in [6.45, 7) is 0. The molecular weight excluding hydrogens is 368 g/mol. The van der Waals surface area contributed by atoms with E-state index in [4.69, 9.17) is 11.6 Å². The Hall–Kier alpha value is -2.22. The fourth-order valence-electron chi connectivity index (χ4n) is 2.50. The van der Waals surface area contributed by atoms with Crippen molar-refractivity contribution in [2.24, 2.45) is 0 Å². The smallest absolute Gasteiger partial charge is 0.281 e. The molecule has 2 aromatic carbocycles. The van der Waals surface area contributed by atoms with Crippen LogP contribution in [0.3, 0.4) is 0 Å². The van der Waals surface area contributed by atoms with Gasteiger partial charge in [-0.3, -0.25) is 9.20 Å². The van der Waals surface area contributed by atoms with Gasteiger partial charge in [0.25, 0.3) is 5.56 Å². The van der Waals surface area contributed by atoms with Gasteiger partial charge in [-0.2, -0.15) is 4.98 Å². The highest BCUT2D eigenvalue weighted by molar-refractivity contribution is 7.91. The Morgan fingerprint density at radius 2 is 1.75 bits per heavy atom. The maximum absolute atomic E-state index is 12.7. The zero-order valence-corrected chi connectivity index (χ0v) is 14.4. The summed E-state index contributed by atoms with van der Waals surface area (Å²) in [5, 5.41) is 2.54. The molecule has 0 N–H and O–H groups in total. The number of sulfone groups is 1. The first-order valence-electron chi connectivity index (χ1n) is 6.87. The number of hydrogen-bond acceptors (Lipinski definition) is 5. The van der Waals surface area contributed by atoms with Crippen LogP contribution in [-0.2, 0) is 9.84 Å². The molecule has 0 saturated heterocycles. The van der Waals surface area contributed by atoms with Crippen molar-refractivity contribution in [2.75, 3.05) is 0 Å². The van der Waals surface area contributed by atoms with E-state index >= 15 is 0 Å². The van der Waals surface area contributed by atoms with Crippen LogP contribution < -0.4 is 5.56 Å². The van der Waals surface area contributed by atoms with E-state index in [9.17, 15) is 13.2 Å². The number of benzene rings is 2. The van der Waals surface area contributed by atoms with Crippen LogP contribution in [0.25, 0.3) is 15.9 Å². The molecule has 24 heavy (non-hydrogen) atoms. The highest BCUT2D eigenvalue weighted by atomic mass is 35.5. The molecule has 0 aliphatic heterocycles. The second-order valence-electron chi connectivity index (χ2n) is 5.11. The van der Waals surface area contributed by atoms with Crippen molar-refractivity contribution in [3.8, 4) is 0 Å². The summed E-state index contributed by atoms with van der Waals surface area (Å²) in [7, 11) is -3.74. The minimum Gasteiger partial charge on any atom is -0.292 e. The van der Waals surface area contributed by atoms with Gasteiger partial charge in [0.1, 0.15) is 0 Å². The molecule has 0 aliphatic rings. The second-order valence-corrected chi connectivity index (χ2v) is 8.37. The third-order valence-corrected chi connectivity index (χ3v) is 6.45. The van der Waals surface area contributed by atoms with Gasteiger partial charge < -0.3 is 0 Å². The van der Waals surface area contributed by atoms with E-state index in [0.717, 1.165) is 0 Å². The summed E-state index contributed by atoms with van der Waals surface area (Å²) in [6.07, 6.45) is 1.79. The standard InChI is InChI=1S/C16H9ClN2O3S2/c17-10-1-3-11(4-2-10)24(21,22)12-5-6-14-13(9-12)15(20)18-16-19(14)7-8-23-16/h1-9H. The molecule has 2 aromatic heterocycles. The van der Waals surface area contributed by atoms with Gasteiger partial charge in [-0.05, 0) is 42.5 Å². The van der Waals surface area contributed by atoms with Crippen LogP contribution in [0.15, 0.2) is 68.6 Å². The summed E-state index contributed by atoms with van der Waals surface area (Å²) in [5.41, 5.74) is 0.182. The van der Waals surface area contributed by atoms with E-state index in [-0.39, 0.29) is 15.2 Å². The number of hydrogen-bond donors (Lipinski definition) is 0. The molecule has 0 aliphatic carbocycles. The Kier molecular flexibility index (Phi) is 3.45. The Morgan fingerprint density at radius 3 is 2.50 bits per heavy atom. The molecule has 120 valence electrons.